The van der Waals surface area contributed by atoms with Crippen molar-refractivity contribution in [3.05, 3.63) is 34.0 Å². The van der Waals surface area contributed by atoms with Gasteiger partial charge in [0, 0.05) is 17.6 Å². The summed E-state index contributed by atoms with van der Waals surface area (Å²) in [7, 11) is 0. The first-order chi connectivity index (χ1) is 8.63. The van der Waals surface area contributed by atoms with Gasteiger partial charge in [-0.15, -0.1) is 11.3 Å². The summed E-state index contributed by atoms with van der Waals surface area (Å²) in [5, 5.41) is 11.1. The number of rotatable bonds is 5. The number of hydrogen-bond acceptors (Lipinski definition) is 4. The van der Waals surface area contributed by atoms with E-state index < -0.39 is 0 Å². The van der Waals surface area contributed by atoms with E-state index in [4.69, 9.17) is 0 Å². The zero-order valence-electron chi connectivity index (χ0n) is 11.3. The third-order valence-electron chi connectivity index (χ3n) is 2.83. The molecule has 0 fully saturated rings. The van der Waals surface area contributed by atoms with Crippen LogP contribution in [0.15, 0.2) is 17.6 Å². The summed E-state index contributed by atoms with van der Waals surface area (Å²) < 4.78 is 2.06. The highest BCUT2D eigenvalue weighted by atomic mass is 32.1. The van der Waals surface area contributed by atoms with Crippen molar-refractivity contribution >= 4 is 11.3 Å². The van der Waals surface area contributed by atoms with Crippen molar-refractivity contribution in [1.29, 1.82) is 0 Å². The van der Waals surface area contributed by atoms with Crippen LogP contribution in [0, 0.1) is 6.92 Å². The van der Waals surface area contributed by atoms with Gasteiger partial charge in [0.1, 0.15) is 0 Å². The van der Waals surface area contributed by atoms with Gasteiger partial charge in [-0.25, -0.2) is 4.98 Å². The first-order valence-electron chi connectivity index (χ1n) is 6.32. The fraction of sp³-hybridized carbons (Fsp3) is 0.538. The summed E-state index contributed by atoms with van der Waals surface area (Å²) in [5.41, 5.74) is 2.26. The number of aromatic nitrogens is 3. The third-order valence-corrected chi connectivity index (χ3v) is 3.62. The minimum atomic E-state index is 0.129. The molecule has 0 bridgehead atoms. The van der Waals surface area contributed by atoms with E-state index in [-0.39, 0.29) is 6.04 Å². The maximum absolute atomic E-state index is 4.60. The van der Waals surface area contributed by atoms with E-state index in [0.717, 1.165) is 17.2 Å². The fourth-order valence-electron chi connectivity index (χ4n) is 2.06. The molecule has 1 atom stereocenters. The lowest BCUT2D eigenvalue weighted by Crippen LogP contribution is -2.25. The van der Waals surface area contributed by atoms with Gasteiger partial charge in [-0.2, -0.15) is 5.10 Å². The van der Waals surface area contributed by atoms with Crippen LogP contribution < -0.4 is 5.32 Å². The summed E-state index contributed by atoms with van der Waals surface area (Å²) in [6.45, 7) is 9.35. The first-order valence-corrected chi connectivity index (χ1v) is 7.20. The van der Waals surface area contributed by atoms with Gasteiger partial charge in [-0.05, 0) is 33.4 Å². The van der Waals surface area contributed by atoms with Crippen molar-refractivity contribution in [2.24, 2.45) is 0 Å². The molecule has 4 nitrogen and oxygen atoms in total. The Hall–Kier alpha value is -1.20. The van der Waals surface area contributed by atoms with Gasteiger partial charge in [-0.1, -0.05) is 6.92 Å². The number of nitrogens with zero attached hydrogens (tertiary/aromatic N) is 3. The Labute approximate surface area is 112 Å². The average molecular weight is 264 g/mol. The van der Waals surface area contributed by atoms with Gasteiger partial charge < -0.3 is 5.32 Å². The molecule has 0 aliphatic rings. The Bertz CT molecular complexity index is 501. The van der Waals surface area contributed by atoms with Crippen LogP contribution in [0.2, 0.25) is 0 Å². The van der Waals surface area contributed by atoms with Crippen molar-refractivity contribution in [3.63, 3.8) is 0 Å². The number of thiazole rings is 1. The Morgan fingerprint density at radius 1 is 1.44 bits per heavy atom. The normalized spacial score (nSPS) is 13.2. The topological polar surface area (TPSA) is 42.7 Å². The van der Waals surface area contributed by atoms with Gasteiger partial charge in [-0.3, -0.25) is 4.68 Å². The van der Waals surface area contributed by atoms with Crippen LogP contribution in [-0.4, -0.2) is 21.3 Å². The SMILES string of the molecule is CCNC(c1csc(C)n1)c1ccnn1C(C)C. The van der Waals surface area contributed by atoms with Crippen LogP contribution in [0.1, 0.15) is 49.3 Å². The Morgan fingerprint density at radius 2 is 2.22 bits per heavy atom. The quantitative estimate of drug-likeness (QED) is 0.903. The van der Waals surface area contributed by atoms with Crippen molar-refractivity contribution in [2.45, 2.75) is 39.8 Å². The predicted molar refractivity (Wildman–Crippen MR) is 75.0 cm³/mol. The van der Waals surface area contributed by atoms with E-state index in [1.165, 1.54) is 5.69 Å². The Morgan fingerprint density at radius 3 is 2.78 bits per heavy atom. The molecule has 98 valence electrons. The smallest absolute Gasteiger partial charge is 0.0930 e. The van der Waals surface area contributed by atoms with E-state index in [9.17, 15) is 0 Å². The average Bonchev–Trinajstić information content (AvgIpc) is 2.94. The highest BCUT2D eigenvalue weighted by Gasteiger charge is 2.20. The van der Waals surface area contributed by atoms with E-state index in [0.29, 0.717) is 6.04 Å². The molecule has 2 aromatic rings. The lowest BCUT2D eigenvalue weighted by Gasteiger charge is -2.19. The summed E-state index contributed by atoms with van der Waals surface area (Å²) in [6, 6.07) is 2.56. The van der Waals surface area contributed by atoms with E-state index in [1.807, 2.05) is 13.1 Å². The number of aryl methyl sites for hydroxylation is 1. The molecule has 0 saturated carbocycles. The van der Waals surface area contributed by atoms with Gasteiger partial charge in [0.2, 0.25) is 0 Å². The monoisotopic (exact) mass is 264 g/mol. The van der Waals surface area contributed by atoms with Crippen molar-refractivity contribution in [2.75, 3.05) is 6.54 Å². The molecule has 2 heterocycles. The van der Waals surface area contributed by atoms with E-state index >= 15 is 0 Å². The van der Waals surface area contributed by atoms with Gasteiger partial charge in [0.15, 0.2) is 0 Å². The van der Waals surface area contributed by atoms with Crippen LogP contribution in [0.5, 0.6) is 0 Å². The second-order valence-electron chi connectivity index (χ2n) is 4.58. The predicted octanol–water partition coefficient (Wildman–Crippen LogP) is 2.93. The third kappa shape index (κ3) is 2.62. The minimum Gasteiger partial charge on any atom is -0.304 e. The maximum Gasteiger partial charge on any atom is 0.0930 e. The Kier molecular flexibility index (Phi) is 4.14. The molecule has 5 heteroatoms. The van der Waals surface area contributed by atoms with Crippen molar-refractivity contribution in [3.8, 4) is 0 Å². The molecule has 0 aliphatic heterocycles. The molecule has 2 rings (SSSR count). The standard InChI is InChI=1S/C13H20N4S/c1-5-14-13(11-8-18-10(4)16-11)12-6-7-15-17(12)9(2)3/h6-9,13-14H,5H2,1-4H3. The van der Waals surface area contributed by atoms with Crippen LogP contribution in [0.3, 0.4) is 0 Å². The lowest BCUT2D eigenvalue weighted by molar-refractivity contribution is 0.473. The molecule has 2 aromatic heterocycles. The van der Waals surface area contributed by atoms with Crippen LogP contribution in [-0.2, 0) is 0 Å². The molecule has 0 radical (unpaired) electrons. The summed E-state index contributed by atoms with van der Waals surface area (Å²) >= 11 is 1.69. The zero-order valence-corrected chi connectivity index (χ0v) is 12.2. The number of nitrogens with one attached hydrogen (secondary N) is 1. The Balaban J connectivity index is 2.38. The highest BCUT2D eigenvalue weighted by Crippen LogP contribution is 2.25. The van der Waals surface area contributed by atoms with Crippen molar-refractivity contribution in [1.82, 2.24) is 20.1 Å². The molecular formula is C13H20N4S. The van der Waals surface area contributed by atoms with Crippen LogP contribution >= 0.6 is 11.3 Å². The molecule has 0 saturated heterocycles. The second kappa shape index (κ2) is 5.63. The zero-order chi connectivity index (χ0) is 13.1. The minimum absolute atomic E-state index is 0.129. The van der Waals surface area contributed by atoms with Crippen LogP contribution in [0.4, 0.5) is 0 Å². The fourth-order valence-corrected chi connectivity index (χ4v) is 2.70. The van der Waals surface area contributed by atoms with Gasteiger partial charge in [0.05, 0.1) is 22.4 Å². The second-order valence-corrected chi connectivity index (χ2v) is 5.64. The first kappa shape index (κ1) is 13.2. The molecular weight excluding hydrogens is 244 g/mol. The summed E-state index contributed by atoms with van der Waals surface area (Å²) in [6.07, 6.45) is 1.86. The molecule has 18 heavy (non-hydrogen) atoms. The number of hydrogen-bond donors (Lipinski definition) is 1. The molecule has 0 aliphatic carbocycles. The van der Waals surface area contributed by atoms with E-state index in [1.54, 1.807) is 11.3 Å². The maximum atomic E-state index is 4.60. The molecule has 0 amide bonds. The molecule has 1 unspecified atom stereocenters. The lowest BCUT2D eigenvalue weighted by atomic mass is 10.1. The van der Waals surface area contributed by atoms with E-state index in [2.05, 4.69) is 52.3 Å². The summed E-state index contributed by atoms with van der Waals surface area (Å²) in [5.74, 6) is 0. The highest BCUT2D eigenvalue weighted by molar-refractivity contribution is 7.09. The largest absolute Gasteiger partial charge is 0.304 e. The van der Waals surface area contributed by atoms with Crippen LogP contribution in [0.25, 0.3) is 0 Å². The summed E-state index contributed by atoms with van der Waals surface area (Å²) in [4.78, 5) is 4.60. The molecule has 0 spiro atoms. The van der Waals surface area contributed by atoms with Gasteiger partial charge in [0.25, 0.3) is 0 Å². The van der Waals surface area contributed by atoms with Gasteiger partial charge >= 0.3 is 0 Å². The molecule has 0 aromatic carbocycles. The van der Waals surface area contributed by atoms with Crippen molar-refractivity contribution < 1.29 is 0 Å². The molecule has 1 N–H and O–H groups in total.